The highest BCUT2D eigenvalue weighted by molar-refractivity contribution is 5.63. The summed E-state index contributed by atoms with van der Waals surface area (Å²) >= 11 is 0. The van der Waals surface area contributed by atoms with Crippen LogP contribution in [0.4, 0.5) is 8.78 Å². The molecule has 0 radical (unpaired) electrons. The van der Waals surface area contributed by atoms with Crippen molar-refractivity contribution in [3.63, 3.8) is 0 Å². The highest BCUT2D eigenvalue weighted by atomic mass is 19.1. The van der Waals surface area contributed by atoms with E-state index in [1.807, 2.05) is 0 Å². The van der Waals surface area contributed by atoms with Gasteiger partial charge in [0.15, 0.2) is 5.82 Å². The minimum Gasteiger partial charge on any atom is -0.326 e. The zero-order valence-electron chi connectivity index (χ0n) is 7.85. The van der Waals surface area contributed by atoms with Crippen molar-refractivity contribution in [2.45, 2.75) is 0 Å². The summed E-state index contributed by atoms with van der Waals surface area (Å²) in [7, 11) is 0. The lowest BCUT2D eigenvalue weighted by molar-refractivity contribution is 0.576. The first-order valence-corrected chi connectivity index (χ1v) is 4.46. The van der Waals surface area contributed by atoms with E-state index >= 15 is 0 Å². The van der Waals surface area contributed by atoms with Crippen LogP contribution >= 0.6 is 0 Å². The predicted molar refractivity (Wildman–Crippen MR) is 50.9 cm³/mol. The van der Waals surface area contributed by atoms with Crippen molar-refractivity contribution in [2.24, 2.45) is 0 Å². The molecular formula is C9H5F2N5. The van der Waals surface area contributed by atoms with Crippen LogP contribution in [0.3, 0.4) is 0 Å². The van der Waals surface area contributed by atoms with Gasteiger partial charge in [-0.3, -0.25) is 0 Å². The Kier molecular flexibility index (Phi) is 1.73. The number of H-pyrrole nitrogens is 1. The van der Waals surface area contributed by atoms with E-state index in [2.05, 4.69) is 20.2 Å². The molecular weight excluding hydrogens is 216 g/mol. The molecule has 0 aliphatic heterocycles. The SMILES string of the molecule is Fc1ccc(F)c(-n2nc3nc[nH]c3n2)c1. The Morgan fingerprint density at radius 1 is 1.19 bits per heavy atom. The largest absolute Gasteiger partial charge is 0.326 e. The molecule has 0 saturated heterocycles. The third-order valence-corrected chi connectivity index (χ3v) is 2.11. The van der Waals surface area contributed by atoms with Crippen molar-refractivity contribution in [3.8, 4) is 5.69 Å². The summed E-state index contributed by atoms with van der Waals surface area (Å²) in [6.07, 6.45) is 1.43. The first-order chi connectivity index (χ1) is 7.74. The van der Waals surface area contributed by atoms with Crippen LogP contribution in [0, 0.1) is 11.6 Å². The molecule has 0 aliphatic carbocycles. The maximum Gasteiger partial charge on any atom is 0.220 e. The maximum atomic E-state index is 13.4. The average Bonchev–Trinajstić information content (AvgIpc) is 2.81. The molecule has 2 heterocycles. The number of benzene rings is 1. The second-order valence-electron chi connectivity index (χ2n) is 3.16. The van der Waals surface area contributed by atoms with Crippen molar-refractivity contribution in [1.82, 2.24) is 25.0 Å². The zero-order valence-corrected chi connectivity index (χ0v) is 7.85. The Hall–Kier alpha value is -2.31. The highest BCUT2D eigenvalue weighted by Gasteiger charge is 2.11. The summed E-state index contributed by atoms with van der Waals surface area (Å²) in [4.78, 5) is 7.58. The molecule has 16 heavy (non-hydrogen) atoms. The van der Waals surface area contributed by atoms with Crippen LogP contribution in [-0.2, 0) is 0 Å². The van der Waals surface area contributed by atoms with E-state index in [9.17, 15) is 8.78 Å². The Bertz CT molecular complexity index is 628. The quantitative estimate of drug-likeness (QED) is 0.676. The van der Waals surface area contributed by atoms with Gasteiger partial charge in [0.1, 0.15) is 11.5 Å². The molecule has 7 heteroatoms. The number of hydrogen-bond donors (Lipinski definition) is 1. The predicted octanol–water partition coefficient (Wildman–Crippen LogP) is 1.42. The van der Waals surface area contributed by atoms with Gasteiger partial charge in [-0.25, -0.2) is 13.8 Å². The molecule has 3 aromatic rings. The van der Waals surface area contributed by atoms with E-state index in [1.165, 1.54) is 6.33 Å². The summed E-state index contributed by atoms with van der Waals surface area (Å²) in [5.41, 5.74) is 0.721. The number of fused-ring (bicyclic) bond motifs is 1. The monoisotopic (exact) mass is 221 g/mol. The molecule has 0 amide bonds. The minimum atomic E-state index is -0.598. The van der Waals surface area contributed by atoms with E-state index in [4.69, 9.17) is 0 Å². The molecule has 80 valence electrons. The Morgan fingerprint density at radius 3 is 2.88 bits per heavy atom. The molecule has 0 aliphatic rings. The van der Waals surface area contributed by atoms with Gasteiger partial charge in [0, 0.05) is 6.07 Å². The van der Waals surface area contributed by atoms with Crippen molar-refractivity contribution >= 4 is 11.3 Å². The van der Waals surface area contributed by atoms with Crippen LogP contribution in [0.25, 0.3) is 17.0 Å². The Balaban J connectivity index is 2.22. The number of nitrogens with zero attached hydrogens (tertiary/aromatic N) is 4. The number of nitrogens with one attached hydrogen (secondary N) is 1. The molecule has 1 aromatic carbocycles. The lowest BCUT2D eigenvalue weighted by Gasteiger charge is -2.00. The molecule has 1 N–H and O–H groups in total. The van der Waals surface area contributed by atoms with Gasteiger partial charge in [-0.05, 0) is 12.1 Å². The van der Waals surface area contributed by atoms with Crippen molar-refractivity contribution in [3.05, 3.63) is 36.2 Å². The van der Waals surface area contributed by atoms with Gasteiger partial charge in [0.05, 0.1) is 6.33 Å². The number of imidazole rings is 1. The van der Waals surface area contributed by atoms with Crippen LogP contribution in [0.5, 0.6) is 0 Å². The van der Waals surface area contributed by atoms with E-state index in [0.29, 0.717) is 11.3 Å². The first kappa shape index (κ1) is 8.96. The summed E-state index contributed by atoms with van der Waals surface area (Å²) in [5.74, 6) is -1.15. The highest BCUT2D eigenvalue weighted by Crippen LogP contribution is 2.14. The van der Waals surface area contributed by atoms with Crippen molar-refractivity contribution < 1.29 is 8.78 Å². The van der Waals surface area contributed by atoms with E-state index < -0.39 is 11.6 Å². The average molecular weight is 221 g/mol. The summed E-state index contributed by atoms with van der Waals surface area (Å²) < 4.78 is 26.3. The fourth-order valence-electron chi connectivity index (χ4n) is 1.38. The third kappa shape index (κ3) is 1.25. The number of aromatic amines is 1. The van der Waals surface area contributed by atoms with Gasteiger partial charge in [-0.1, -0.05) is 0 Å². The number of aromatic nitrogens is 5. The summed E-state index contributed by atoms with van der Waals surface area (Å²) in [5, 5.41) is 7.83. The molecule has 3 rings (SSSR count). The molecule has 0 spiro atoms. The number of halogens is 2. The Labute approximate surface area is 87.7 Å². The van der Waals surface area contributed by atoms with Gasteiger partial charge in [0.2, 0.25) is 11.3 Å². The van der Waals surface area contributed by atoms with Gasteiger partial charge in [-0.2, -0.15) is 0 Å². The maximum absolute atomic E-state index is 13.4. The van der Waals surface area contributed by atoms with Crippen LogP contribution in [0.2, 0.25) is 0 Å². The molecule has 0 saturated carbocycles. The lowest BCUT2D eigenvalue weighted by atomic mass is 10.3. The third-order valence-electron chi connectivity index (χ3n) is 2.11. The van der Waals surface area contributed by atoms with Gasteiger partial charge < -0.3 is 4.98 Å². The summed E-state index contributed by atoms with van der Waals surface area (Å²) in [6.45, 7) is 0. The normalized spacial score (nSPS) is 11.1. The van der Waals surface area contributed by atoms with Crippen LogP contribution in [0.15, 0.2) is 24.5 Å². The molecule has 0 unspecified atom stereocenters. The van der Waals surface area contributed by atoms with Gasteiger partial charge in [-0.15, -0.1) is 15.0 Å². The van der Waals surface area contributed by atoms with Gasteiger partial charge in [0.25, 0.3) is 0 Å². The van der Waals surface area contributed by atoms with Gasteiger partial charge >= 0.3 is 0 Å². The molecule has 0 atom stereocenters. The first-order valence-electron chi connectivity index (χ1n) is 4.46. The topological polar surface area (TPSA) is 59.4 Å². The number of rotatable bonds is 1. The molecule has 0 bridgehead atoms. The Morgan fingerprint density at radius 2 is 2.06 bits per heavy atom. The minimum absolute atomic E-state index is 0.0496. The lowest BCUT2D eigenvalue weighted by Crippen LogP contribution is -2.02. The second kappa shape index (κ2) is 3.09. The molecule has 0 fully saturated rings. The fraction of sp³-hybridized carbons (Fsp3) is 0. The van der Waals surface area contributed by atoms with Crippen molar-refractivity contribution in [1.29, 1.82) is 0 Å². The van der Waals surface area contributed by atoms with Crippen molar-refractivity contribution in [2.75, 3.05) is 0 Å². The number of hydrogen-bond acceptors (Lipinski definition) is 3. The molecule has 5 nitrogen and oxygen atoms in total. The van der Waals surface area contributed by atoms with E-state index in [0.717, 1.165) is 23.0 Å². The molecule has 2 aromatic heterocycles. The zero-order chi connectivity index (χ0) is 11.1. The smallest absolute Gasteiger partial charge is 0.220 e. The standard InChI is InChI=1S/C9H5F2N5/c10-5-1-2-6(11)7(3-5)16-14-8-9(15-16)13-4-12-8/h1-4H,(H,12,13,14,15). The summed E-state index contributed by atoms with van der Waals surface area (Å²) in [6, 6.07) is 3.08. The van der Waals surface area contributed by atoms with Crippen LogP contribution < -0.4 is 0 Å². The van der Waals surface area contributed by atoms with Crippen LogP contribution in [-0.4, -0.2) is 25.0 Å². The second-order valence-corrected chi connectivity index (χ2v) is 3.16. The van der Waals surface area contributed by atoms with Crippen LogP contribution in [0.1, 0.15) is 0 Å². The van der Waals surface area contributed by atoms with E-state index in [1.54, 1.807) is 0 Å². The fourth-order valence-corrected chi connectivity index (χ4v) is 1.38. The van der Waals surface area contributed by atoms with E-state index in [-0.39, 0.29) is 5.69 Å².